The van der Waals surface area contributed by atoms with Gasteiger partial charge in [-0.05, 0) is 42.0 Å². The lowest BCUT2D eigenvalue weighted by atomic mass is 9.97. The van der Waals surface area contributed by atoms with E-state index >= 15 is 0 Å². The van der Waals surface area contributed by atoms with Crippen molar-refractivity contribution >= 4 is 22.8 Å². The van der Waals surface area contributed by atoms with Crippen LogP contribution in [-0.4, -0.2) is 23.9 Å². The average Bonchev–Trinajstić information content (AvgIpc) is 3.41. The van der Waals surface area contributed by atoms with E-state index in [1.54, 1.807) is 65.6 Å². The fraction of sp³-hybridized carbons (Fsp3) is 0.125. The molecular formula is C24H17NO6. The Morgan fingerprint density at radius 2 is 1.81 bits per heavy atom. The minimum Gasteiger partial charge on any atom is -0.467 e. The van der Waals surface area contributed by atoms with E-state index in [2.05, 4.69) is 0 Å². The molecule has 2 aromatic heterocycles. The number of furan rings is 1. The van der Waals surface area contributed by atoms with Gasteiger partial charge in [0.05, 0.1) is 42.5 Å². The largest absolute Gasteiger partial charge is 0.467 e. The Labute approximate surface area is 176 Å². The van der Waals surface area contributed by atoms with Gasteiger partial charge in [-0.2, -0.15) is 0 Å². The van der Waals surface area contributed by atoms with Crippen molar-refractivity contribution in [2.75, 3.05) is 7.11 Å². The van der Waals surface area contributed by atoms with E-state index in [-0.39, 0.29) is 23.3 Å². The summed E-state index contributed by atoms with van der Waals surface area (Å²) in [6.45, 7) is 0.162. The molecule has 0 spiro atoms. The molecule has 1 aliphatic rings. The van der Waals surface area contributed by atoms with Crippen molar-refractivity contribution in [2.45, 2.75) is 12.6 Å². The van der Waals surface area contributed by atoms with E-state index in [0.717, 1.165) is 0 Å². The number of carbonyl (C=O) groups is 2. The molecule has 0 aliphatic carbocycles. The molecule has 3 heterocycles. The predicted molar refractivity (Wildman–Crippen MR) is 111 cm³/mol. The van der Waals surface area contributed by atoms with Crippen LogP contribution in [0.3, 0.4) is 0 Å². The lowest BCUT2D eigenvalue weighted by Crippen LogP contribution is -2.29. The second kappa shape index (κ2) is 7.28. The molecule has 0 fully saturated rings. The van der Waals surface area contributed by atoms with Crippen LogP contribution in [-0.2, 0) is 11.3 Å². The van der Waals surface area contributed by atoms with E-state index in [0.29, 0.717) is 27.9 Å². The molecule has 1 atom stereocenters. The number of hydrogen-bond acceptors (Lipinski definition) is 6. The summed E-state index contributed by atoms with van der Waals surface area (Å²) in [5.74, 6) is -0.254. The van der Waals surface area contributed by atoms with Crippen molar-refractivity contribution in [3.63, 3.8) is 0 Å². The molecule has 0 bridgehead atoms. The van der Waals surface area contributed by atoms with E-state index < -0.39 is 17.9 Å². The molecule has 154 valence electrons. The Balaban J connectivity index is 1.69. The third-order valence-corrected chi connectivity index (χ3v) is 5.43. The number of methoxy groups -OCH3 is 1. The number of esters is 1. The van der Waals surface area contributed by atoms with Gasteiger partial charge in [-0.15, -0.1) is 0 Å². The molecule has 1 aliphatic heterocycles. The fourth-order valence-corrected chi connectivity index (χ4v) is 3.97. The van der Waals surface area contributed by atoms with Crippen LogP contribution in [0.15, 0.2) is 80.6 Å². The molecule has 0 N–H and O–H groups in total. The second-order valence-electron chi connectivity index (χ2n) is 7.20. The SMILES string of the molecule is COC(=O)c1ccc(C2c3c(oc4ccccc4c3=O)C(=O)N2Cc2ccco2)cc1. The summed E-state index contributed by atoms with van der Waals surface area (Å²) in [6.07, 6.45) is 1.53. The van der Waals surface area contributed by atoms with Crippen LogP contribution in [0.1, 0.15) is 43.8 Å². The van der Waals surface area contributed by atoms with E-state index in [9.17, 15) is 14.4 Å². The van der Waals surface area contributed by atoms with Crippen LogP contribution >= 0.6 is 0 Å². The molecule has 5 rings (SSSR count). The molecule has 0 saturated carbocycles. The molecule has 7 heteroatoms. The lowest BCUT2D eigenvalue weighted by molar-refractivity contribution is 0.0599. The predicted octanol–water partition coefficient (Wildman–Crippen LogP) is 3.92. The quantitative estimate of drug-likeness (QED) is 0.470. The van der Waals surface area contributed by atoms with Crippen molar-refractivity contribution < 1.29 is 23.2 Å². The summed E-state index contributed by atoms with van der Waals surface area (Å²) in [6, 6.07) is 16.3. The maximum Gasteiger partial charge on any atom is 0.337 e. The Bertz CT molecular complexity index is 1350. The highest BCUT2D eigenvalue weighted by Crippen LogP contribution is 2.39. The zero-order valence-corrected chi connectivity index (χ0v) is 16.5. The Kier molecular flexibility index (Phi) is 4.43. The number of amides is 1. The van der Waals surface area contributed by atoms with Crippen LogP contribution in [0.4, 0.5) is 0 Å². The number of carbonyl (C=O) groups excluding carboxylic acids is 2. The van der Waals surface area contributed by atoms with Crippen LogP contribution in [0.5, 0.6) is 0 Å². The summed E-state index contributed by atoms with van der Waals surface area (Å²) in [7, 11) is 1.31. The Morgan fingerprint density at radius 3 is 2.52 bits per heavy atom. The van der Waals surface area contributed by atoms with Crippen molar-refractivity contribution in [2.24, 2.45) is 0 Å². The molecule has 0 saturated heterocycles. The minimum absolute atomic E-state index is 0.0253. The molecule has 1 amide bonds. The third kappa shape index (κ3) is 3.02. The highest BCUT2D eigenvalue weighted by Gasteiger charge is 2.43. The van der Waals surface area contributed by atoms with Gasteiger partial charge in [0.25, 0.3) is 5.91 Å². The fourth-order valence-electron chi connectivity index (χ4n) is 3.97. The molecule has 2 aromatic carbocycles. The van der Waals surface area contributed by atoms with Crippen molar-refractivity contribution in [3.8, 4) is 0 Å². The summed E-state index contributed by atoms with van der Waals surface area (Å²) < 4.78 is 16.1. The average molecular weight is 415 g/mol. The van der Waals surface area contributed by atoms with Gasteiger partial charge in [-0.25, -0.2) is 4.79 Å². The number of benzene rings is 2. The Hall–Kier alpha value is -4.13. The lowest BCUT2D eigenvalue weighted by Gasteiger charge is -2.24. The van der Waals surface area contributed by atoms with Gasteiger partial charge in [0, 0.05) is 0 Å². The van der Waals surface area contributed by atoms with Crippen molar-refractivity contribution in [1.82, 2.24) is 4.90 Å². The van der Waals surface area contributed by atoms with Gasteiger partial charge in [0.2, 0.25) is 5.76 Å². The van der Waals surface area contributed by atoms with Gasteiger partial charge in [-0.3, -0.25) is 9.59 Å². The van der Waals surface area contributed by atoms with Crippen LogP contribution < -0.4 is 5.43 Å². The Morgan fingerprint density at radius 1 is 1.03 bits per heavy atom. The number of hydrogen-bond donors (Lipinski definition) is 0. The first-order chi connectivity index (χ1) is 15.1. The first-order valence-corrected chi connectivity index (χ1v) is 9.66. The van der Waals surface area contributed by atoms with Crippen LogP contribution in [0, 0.1) is 0 Å². The van der Waals surface area contributed by atoms with Crippen LogP contribution in [0.2, 0.25) is 0 Å². The monoisotopic (exact) mass is 415 g/mol. The van der Waals surface area contributed by atoms with Crippen LogP contribution in [0.25, 0.3) is 11.0 Å². The summed E-state index contributed by atoms with van der Waals surface area (Å²) in [4.78, 5) is 40.0. The summed E-state index contributed by atoms with van der Waals surface area (Å²) in [5.41, 5.74) is 1.43. The topological polar surface area (TPSA) is 90.0 Å². The standard InChI is InChI=1S/C24H17NO6/c1-29-24(28)15-10-8-14(9-11-15)20-19-21(26)17-6-2-3-7-18(17)31-22(19)23(27)25(20)13-16-5-4-12-30-16/h2-12,20H,13H2,1H3. The molecule has 1 unspecified atom stereocenters. The normalized spacial score (nSPS) is 15.3. The third-order valence-electron chi connectivity index (χ3n) is 5.43. The number of ether oxygens (including phenoxy) is 1. The molecule has 0 radical (unpaired) electrons. The highest BCUT2D eigenvalue weighted by atomic mass is 16.5. The smallest absolute Gasteiger partial charge is 0.337 e. The zero-order valence-electron chi connectivity index (χ0n) is 16.5. The number of fused-ring (bicyclic) bond motifs is 2. The van der Waals surface area contributed by atoms with Crippen molar-refractivity contribution in [1.29, 1.82) is 0 Å². The number of rotatable bonds is 4. The van der Waals surface area contributed by atoms with Crippen molar-refractivity contribution in [3.05, 3.63) is 105 Å². The van der Waals surface area contributed by atoms with Gasteiger partial charge in [-0.1, -0.05) is 24.3 Å². The van der Waals surface area contributed by atoms with E-state index in [1.807, 2.05) is 0 Å². The van der Waals surface area contributed by atoms with Gasteiger partial charge in [0.1, 0.15) is 11.3 Å². The molecule has 31 heavy (non-hydrogen) atoms. The van der Waals surface area contributed by atoms with Gasteiger partial charge in [0.15, 0.2) is 5.43 Å². The maximum absolute atomic E-state index is 13.4. The van der Waals surface area contributed by atoms with Gasteiger partial charge >= 0.3 is 5.97 Å². The zero-order chi connectivity index (χ0) is 21.5. The van der Waals surface area contributed by atoms with E-state index in [1.165, 1.54) is 13.4 Å². The highest BCUT2D eigenvalue weighted by molar-refractivity contribution is 5.99. The second-order valence-corrected chi connectivity index (χ2v) is 7.20. The molecule has 4 aromatic rings. The molecular weight excluding hydrogens is 398 g/mol. The van der Waals surface area contributed by atoms with E-state index in [4.69, 9.17) is 13.6 Å². The summed E-state index contributed by atoms with van der Waals surface area (Å²) >= 11 is 0. The minimum atomic E-state index is -0.680. The molecule has 7 nitrogen and oxygen atoms in total. The number of nitrogens with zero attached hydrogens (tertiary/aromatic N) is 1. The first kappa shape index (κ1) is 18.9. The summed E-state index contributed by atoms with van der Waals surface area (Å²) in [5, 5.41) is 0.407. The first-order valence-electron chi connectivity index (χ1n) is 9.66. The maximum atomic E-state index is 13.4. The number of para-hydroxylation sites is 1. The van der Waals surface area contributed by atoms with Gasteiger partial charge < -0.3 is 18.5 Å².